The summed E-state index contributed by atoms with van der Waals surface area (Å²) in [6, 6.07) is 11.8. The van der Waals surface area contributed by atoms with E-state index in [2.05, 4.69) is 5.32 Å². The van der Waals surface area contributed by atoms with Gasteiger partial charge < -0.3 is 10.1 Å². The molecule has 2 amide bonds. The fourth-order valence-electron chi connectivity index (χ4n) is 3.02. The van der Waals surface area contributed by atoms with Gasteiger partial charge in [0, 0.05) is 27.1 Å². The first-order chi connectivity index (χ1) is 15.0. The van der Waals surface area contributed by atoms with Crippen molar-refractivity contribution in [2.75, 3.05) is 33.8 Å². The van der Waals surface area contributed by atoms with Crippen molar-refractivity contribution in [3.8, 4) is 5.75 Å². The van der Waals surface area contributed by atoms with E-state index in [9.17, 15) is 26.4 Å². The normalized spacial score (nSPS) is 15.0. The van der Waals surface area contributed by atoms with Crippen LogP contribution in [0.25, 0.3) is 0 Å². The number of benzene rings is 2. The highest BCUT2D eigenvalue weighted by atomic mass is 32.2. The summed E-state index contributed by atoms with van der Waals surface area (Å²) >= 11 is 0. The monoisotopic (exact) mass is 481 g/mol. The average molecular weight is 482 g/mol. The number of carbonyl (C=O) groups excluding carboxylic acids is 2. The number of hydrogen-bond acceptors (Lipinski definition) is 7. The molecular formula is C20H23N3O7S2. The third kappa shape index (κ3) is 4.76. The van der Waals surface area contributed by atoms with Gasteiger partial charge in [-0.05, 0) is 36.4 Å². The Morgan fingerprint density at radius 1 is 1.09 bits per heavy atom. The van der Waals surface area contributed by atoms with Gasteiger partial charge in [-0.1, -0.05) is 12.1 Å². The standard InChI is InChI=1S/C20H23N3O7S2/c1-22(2)31(26,27)16-9-7-15(8-10-16)30-14-12-21-19(24)11-13-23-20(25)17-5-3-4-6-18(17)32(23,28)29/h3-10H,11-14H2,1-2H3,(H,21,24). The van der Waals surface area contributed by atoms with Crippen LogP contribution in [0.1, 0.15) is 16.8 Å². The van der Waals surface area contributed by atoms with Crippen molar-refractivity contribution in [3.63, 3.8) is 0 Å². The minimum absolute atomic E-state index is 0.0526. The topological polar surface area (TPSA) is 130 Å². The minimum Gasteiger partial charge on any atom is -0.492 e. The third-order valence-corrected chi connectivity index (χ3v) is 8.42. The number of hydrogen-bond donors (Lipinski definition) is 1. The second kappa shape index (κ2) is 9.27. The van der Waals surface area contributed by atoms with E-state index in [1.807, 2.05) is 0 Å². The maximum atomic E-state index is 12.5. The zero-order valence-corrected chi connectivity index (χ0v) is 19.1. The summed E-state index contributed by atoms with van der Waals surface area (Å²) < 4.78 is 56.3. The summed E-state index contributed by atoms with van der Waals surface area (Å²) in [6.45, 7) is 0.0136. The first-order valence-electron chi connectivity index (χ1n) is 9.63. The Labute approximate surface area is 186 Å². The molecule has 0 aliphatic carbocycles. The molecule has 0 atom stereocenters. The number of fused-ring (bicyclic) bond motifs is 1. The van der Waals surface area contributed by atoms with E-state index in [1.54, 1.807) is 6.07 Å². The van der Waals surface area contributed by atoms with Crippen LogP contribution in [-0.4, -0.2) is 71.1 Å². The Kier molecular flexibility index (Phi) is 6.86. The number of nitrogens with zero attached hydrogens (tertiary/aromatic N) is 2. The number of amides is 2. The van der Waals surface area contributed by atoms with E-state index in [-0.39, 0.29) is 41.5 Å². The van der Waals surface area contributed by atoms with Crippen LogP contribution in [0.5, 0.6) is 5.75 Å². The Hall–Kier alpha value is -2.96. The van der Waals surface area contributed by atoms with Gasteiger partial charge in [-0.3, -0.25) is 9.59 Å². The lowest BCUT2D eigenvalue weighted by Crippen LogP contribution is -2.35. The maximum Gasteiger partial charge on any atom is 0.269 e. The predicted octanol–water partition coefficient (Wildman–Crippen LogP) is 0.667. The van der Waals surface area contributed by atoms with Crippen LogP contribution in [-0.2, 0) is 24.8 Å². The Morgan fingerprint density at radius 2 is 1.75 bits per heavy atom. The van der Waals surface area contributed by atoms with Crippen molar-refractivity contribution >= 4 is 31.9 Å². The molecule has 1 heterocycles. The van der Waals surface area contributed by atoms with Gasteiger partial charge in [-0.15, -0.1) is 0 Å². The molecule has 1 aliphatic rings. The van der Waals surface area contributed by atoms with Crippen LogP contribution in [0.2, 0.25) is 0 Å². The summed E-state index contributed by atoms with van der Waals surface area (Å²) in [4.78, 5) is 24.5. The van der Waals surface area contributed by atoms with E-state index in [4.69, 9.17) is 4.74 Å². The molecule has 2 aromatic rings. The zero-order valence-electron chi connectivity index (χ0n) is 17.5. The molecule has 1 aliphatic heterocycles. The van der Waals surface area contributed by atoms with E-state index >= 15 is 0 Å². The Bertz CT molecular complexity index is 1220. The zero-order chi connectivity index (χ0) is 23.5. The molecule has 3 rings (SSSR count). The SMILES string of the molecule is CN(C)S(=O)(=O)c1ccc(OCCNC(=O)CCN2C(=O)c3ccccc3S2(=O)=O)cc1. The summed E-state index contributed by atoms with van der Waals surface area (Å²) in [5.74, 6) is -0.639. The molecular weight excluding hydrogens is 458 g/mol. The molecule has 32 heavy (non-hydrogen) atoms. The molecule has 0 radical (unpaired) electrons. The predicted molar refractivity (Wildman–Crippen MR) is 115 cm³/mol. The highest BCUT2D eigenvalue weighted by Gasteiger charge is 2.40. The first kappa shape index (κ1) is 23.7. The number of sulfonamides is 2. The van der Waals surface area contributed by atoms with E-state index < -0.39 is 31.9 Å². The van der Waals surface area contributed by atoms with Crippen LogP contribution in [0.4, 0.5) is 0 Å². The molecule has 0 saturated carbocycles. The van der Waals surface area contributed by atoms with Gasteiger partial charge in [0.1, 0.15) is 17.3 Å². The summed E-state index contributed by atoms with van der Waals surface area (Å²) in [5, 5.41) is 2.59. The van der Waals surface area contributed by atoms with Crippen molar-refractivity contribution in [3.05, 3.63) is 54.1 Å². The maximum absolute atomic E-state index is 12.5. The fourth-order valence-corrected chi connectivity index (χ4v) is 5.49. The number of rotatable bonds is 9. The number of ether oxygens (including phenoxy) is 1. The van der Waals surface area contributed by atoms with E-state index in [1.165, 1.54) is 56.6 Å². The molecule has 0 unspecified atom stereocenters. The molecule has 172 valence electrons. The first-order valence-corrected chi connectivity index (χ1v) is 12.5. The van der Waals surface area contributed by atoms with Crippen molar-refractivity contribution in [1.29, 1.82) is 0 Å². The van der Waals surface area contributed by atoms with Gasteiger partial charge in [0.25, 0.3) is 15.9 Å². The lowest BCUT2D eigenvalue weighted by atomic mass is 10.2. The van der Waals surface area contributed by atoms with Crippen LogP contribution in [0.3, 0.4) is 0 Å². The van der Waals surface area contributed by atoms with Gasteiger partial charge in [-0.2, -0.15) is 0 Å². The van der Waals surface area contributed by atoms with Gasteiger partial charge in [0.15, 0.2) is 0 Å². The van der Waals surface area contributed by atoms with E-state index in [0.717, 1.165) is 4.31 Å². The lowest BCUT2D eigenvalue weighted by molar-refractivity contribution is -0.121. The van der Waals surface area contributed by atoms with Crippen LogP contribution < -0.4 is 10.1 Å². The second-order valence-corrected chi connectivity index (χ2v) is 11.1. The largest absolute Gasteiger partial charge is 0.492 e. The number of nitrogens with one attached hydrogen (secondary N) is 1. The second-order valence-electron chi connectivity index (χ2n) is 7.09. The van der Waals surface area contributed by atoms with Crippen LogP contribution in [0, 0.1) is 0 Å². The number of carbonyl (C=O) groups is 2. The molecule has 0 saturated heterocycles. The van der Waals surface area contributed by atoms with Crippen LogP contribution in [0.15, 0.2) is 58.3 Å². The average Bonchev–Trinajstić information content (AvgIpc) is 2.95. The molecule has 0 bridgehead atoms. The van der Waals surface area contributed by atoms with Crippen molar-refractivity contribution < 1.29 is 31.2 Å². The summed E-state index contributed by atoms with van der Waals surface area (Å²) in [5.41, 5.74) is 0.103. The highest BCUT2D eigenvalue weighted by Crippen LogP contribution is 2.29. The highest BCUT2D eigenvalue weighted by molar-refractivity contribution is 7.90. The molecule has 0 aromatic heterocycles. The van der Waals surface area contributed by atoms with Gasteiger partial charge in [-0.25, -0.2) is 25.4 Å². The minimum atomic E-state index is -3.94. The van der Waals surface area contributed by atoms with Gasteiger partial charge in [0.2, 0.25) is 15.9 Å². The van der Waals surface area contributed by atoms with Crippen molar-refractivity contribution in [2.45, 2.75) is 16.2 Å². The van der Waals surface area contributed by atoms with Crippen molar-refractivity contribution in [1.82, 2.24) is 13.9 Å². The van der Waals surface area contributed by atoms with E-state index in [0.29, 0.717) is 10.1 Å². The Morgan fingerprint density at radius 3 is 2.38 bits per heavy atom. The van der Waals surface area contributed by atoms with Crippen LogP contribution >= 0.6 is 0 Å². The Balaban J connectivity index is 1.44. The summed E-state index contributed by atoms with van der Waals surface area (Å²) in [7, 11) is -4.58. The molecule has 1 N–H and O–H groups in total. The molecule has 2 aromatic carbocycles. The summed E-state index contributed by atoms with van der Waals surface area (Å²) in [6.07, 6.45) is -0.184. The van der Waals surface area contributed by atoms with Gasteiger partial charge >= 0.3 is 0 Å². The van der Waals surface area contributed by atoms with Crippen molar-refractivity contribution in [2.24, 2.45) is 0 Å². The third-order valence-electron chi connectivity index (χ3n) is 4.75. The fraction of sp³-hybridized carbons (Fsp3) is 0.300. The smallest absolute Gasteiger partial charge is 0.269 e. The molecule has 0 spiro atoms. The van der Waals surface area contributed by atoms with Gasteiger partial charge in [0.05, 0.1) is 17.0 Å². The quantitative estimate of drug-likeness (QED) is 0.521. The molecule has 10 nitrogen and oxygen atoms in total. The molecule has 12 heteroatoms. The lowest BCUT2D eigenvalue weighted by Gasteiger charge is -2.15. The molecule has 0 fully saturated rings.